The number of nitrogens with one attached hydrogen (secondary N) is 1. The largest absolute Gasteiger partial charge is 0.490 e. The molecule has 3 rings (SSSR count). The predicted octanol–water partition coefficient (Wildman–Crippen LogP) is 5.92. The van der Waals surface area contributed by atoms with Crippen LogP contribution in [0.5, 0.6) is 11.5 Å². The van der Waals surface area contributed by atoms with Crippen LogP contribution in [0.2, 0.25) is 5.02 Å². The van der Waals surface area contributed by atoms with Crippen LogP contribution in [-0.2, 0) is 4.79 Å². The third-order valence-corrected chi connectivity index (χ3v) is 6.56. The van der Waals surface area contributed by atoms with Crippen molar-refractivity contribution in [3.63, 3.8) is 0 Å². The number of hydrazine groups is 1. The van der Waals surface area contributed by atoms with Crippen LogP contribution in [0.25, 0.3) is 6.08 Å². The van der Waals surface area contributed by atoms with Crippen molar-refractivity contribution in [1.29, 1.82) is 0 Å². The van der Waals surface area contributed by atoms with Gasteiger partial charge in [-0.2, -0.15) is 5.01 Å². The molecule has 0 bridgehead atoms. The van der Waals surface area contributed by atoms with E-state index in [2.05, 4.69) is 27.9 Å². The number of aryl methyl sites for hydroxylation is 1. The molecule has 0 spiro atoms. The topological polar surface area (TPSA) is 67.9 Å². The van der Waals surface area contributed by atoms with E-state index in [1.54, 1.807) is 42.5 Å². The van der Waals surface area contributed by atoms with Crippen molar-refractivity contribution in [3.05, 3.63) is 74.1 Å². The minimum Gasteiger partial charge on any atom is -0.490 e. The summed E-state index contributed by atoms with van der Waals surface area (Å²) in [7, 11) is 0. The Balaban J connectivity index is 1.84. The number of hydrogen-bond acceptors (Lipinski definition) is 6. The number of thiocarbonyl (C=S) groups is 1. The van der Waals surface area contributed by atoms with Gasteiger partial charge in [0.05, 0.1) is 26.6 Å². The van der Waals surface area contributed by atoms with Crippen LogP contribution in [0, 0.1) is 6.92 Å². The Morgan fingerprint density at radius 1 is 1.33 bits per heavy atom. The van der Waals surface area contributed by atoms with Crippen molar-refractivity contribution in [2.45, 2.75) is 13.8 Å². The van der Waals surface area contributed by atoms with E-state index in [1.807, 2.05) is 13.8 Å². The summed E-state index contributed by atoms with van der Waals surface area (Å²) in [5.41, 5.74) is 4.41. The van der Waals surface area contributed by atoms with E-state index in [1.165, 1.54) is 0 Å². The fourth-order valence-electron chi connectivity index (χ4n) is 2.90. The number of amides is 2. The van der Waals surface area contributed by atoms with Gasteiger partial charge in [-0.05, 0) is 83.5 Å². The number of rotatable bonds is 8. The van der Waals surface area contributed by atoms with Crippen molar-refractivity contribution in [2.75, 3.05) is 13.2 Å². The van der Waals surface area contributed by atoms with Gasteiger partial charge in [0.1, 0.15) is 6.61 Å². The van der Waals surface area contributed by atoms with E-state index in [0.717, 1.165) is 22.3 Å². The zero-order valence-electron chi connectivity index (χ0n) is 17.8. The first-order chi connectivity index (χ1) is 15.7. The monoisotopic (exact) mass is 566 g/mol. The molecule has 0 aromatic heterocycles. The number of nitrogens with zero attached hydrogens (tertiary/aromatic N) is 1. The maximum Gasteiger partial charge on any atom is 0.285 e. The number of halogens is 2. The summed E-state index contributed by atoms with van der Waals surface area (Å²) in [6, 6.07) is 8.61. The molecule has 1 aliphatic heterocycles. The fraction of sp³-hybridized carbons (Fsp3) is 0.174. The van der Waals surface area contributed by atoms with E-state index in [-0.39, 0.29) is 9.88 Å². The maximum absolute atomic E-state index is 13.0. The SMILES string of the molecule is C=CCOc1c(Br)cc(/C=C2/SC(=S)N(NC(=O)c3ccc(C)cc3Cl)C2=O)cc1OCC. The van der Waals surface area contributed by atoms with Crippen LogP contribution in [0.1, 0.15) is 28.4 Å². The van der Waals surface area contributed by atoms with Crippen LogP contribution in [0.15, 0.2) is 52.4 Å². The maximum atomic E-state index is 13.0. The lowest BCUT2D eigenvalue weighted by atomic mass is 10.1. The smallest absolute Gasteiger partial charge is 0.285 e. The number of carbonyl (C=O) groups excluding carboxylic acids is 2. The highest BCUT2D eigenvalue weighted by molar-refractivity contribution is 9.10. The molecule has 10 heteroatoms. The van der Waals surface area contributed by atoms with Crippen LogP contribution in [0.3, 0.4) is 0 Å². The Labute approximate surface area is 215 Å². The molecular formula is C23H20BrClN2O4S2. The molecule has 0 saturated carbocycles. The molecule has 0 unspecified atom stereocenters. The minimum atomic E-state index is -0.525. The molecule has 0 radical (unpaired) electrons. The van der Waals surface area contributed by atoms with Gasteiger partial charge in [-0.3, -0.25) is 15.0 Å². The quantitative estimate of drug-likeness (QED) is 0.243. The number of carbonyl (C=O) groups is 2. The van der Waals surface area contributed by atoms with E-state index in [9.17, 15) is 9.59 Å². The molecule has 0 aliphatic carbocycles. The van der Waals surface area contributed by atoms with Gasteiger partial charge in [-0.25, -0.2) is 0 Å². The van der Waals surface area contributed by atoms with Crippen LogP contribution in [0.4, 0.5) is 0 Å². The zero-order valence-corrected chi connectivity index (χ0v) is 21.8. The van der Waals surface area contributed by atoms with Gasteiger partial charge in [0.15, 0.2) is 15.8 Å². The molecule has 1 aliphatic rings. The second-order valence-corrected chi connectivity index (χ2v) is 9.74. The first-order valence-corrected chi connectivity index (χ1v) is 12.2. The number of thioether (sulfide) groups is 1. The molecule has 172 valence electrons. The first-order valence-electron chi connectivity index (χ1n) is 9.80. The van der Waals surface area contributed by atoms with Gasteiger partial charge < -0.3 is 9.47 Å². The first kappa shape index (κ1) is 25.3. The third-order valence-electron chi connectivity index (χ3n) is 4.35. The lowest BCUT2D eigenvalue weighted by molar-refractivity contribution is -0.123. The average Bonchev–Trinajstić information content (AvgIpc) is 3.00. The van der Waals surface area contributed by atoms with Gasteiger partial charge in [0.25, 0.3) is 11.8 Å². The standard InChI is InChI=1S/C23H20BrClN2O4S2/c1-4-8-31-20-16(24)10-14(11-18(20)30-5-2)12-19-22(29)27(23(32)33-19)26-21(28)15-7-6-13(3)9-17(15)25/h4,6-7,9-12H,1,5,8H2,2-3H3,(H,26,28)/b19-12+. The average molecular weight is 568 g/mol. The molecule has 1 N–H and O–H groups in total. The summed E-state index contributed by atoms with van der Waals surface area (Å²) >= 11 is 16.1. The fourth-order valence-corrected chi connectivity index (χ4v) is 4.97. The molecule has 2 amide bonds. The van der Waals surface area contributed by atoms with Gasteiger partial charge >= 0.3 is 0 Å². The lowest BCUT2D eigenvalue weighted by Crippen LogP contribution is -2.44. The molecular weight excluding hydrogens is 548 g/mol. The second kappa shape index (κ2) is 11.2. The van der Waals surface area contributed by atoms with Gasteiger partial charge in [0.2, 0.25) is 0 Å². The Morgan fingerprint density at radius 2 is 2.09 bits per heavy atom. The highest BCUT2D eigenvalue weighted by atomic mass is 79.9. The summed E-state index contributed by atoms with van der Waals surface area (Å²) in [6.45, 7) is 8.15. The van der Waals surface area contributed by atoms with Crippen molar-refractivity contribution < 1.29 is 19.1 Å². The third kappa shape index (κ3) is 5.97. The molecule has 6 nitrogen and oxygen atoms in total. The number of ether oxygens (including phenoxy) is 2. The molecule has 2 aromatic carbocycles. The Bertz CT molecular complexity index is 1170. The molecule has 1 fully saturated rings. The van der Waals surface area contributed by atoms with Gasteiger partial charge in [-0.1, -0.05) is 42.1 Å². The van der Waals surface area contributed by atoms with E-state index >= 15 is 0 Å². The normalized spacial score (nSPS) is 14.5. The Hall–Kier alpha value is -2.33. The van der Waals surface area contributed by atoms with Crippen LogP contribution < -0.4 is 14.9 Å². The highest BCUT2D eigenvalue weighted by Gasteiger charge is 2.34. The van der Waals surface area contributed by atoms with Crippen LogP contribution >= 0.6 is 51.5 Å². The van der Waals surface area contributed by atoms with Crippen molar-refractivity contribution in [1.82, 2.24) is 10.4 Å². The molecule has 1 saturated heterocycles. The van der Waals surface area contributed by atoms with Crippen molar-refractivity contribution in [2.24, 2.45) is 0 Å². The summed E-state index contributed by atoms with van der Waals surface area (Å²) in [4.78, 5) is 26.0. The summed E-state index contributed by atoms with van der Waals surface area (Å²) in [5, 5.41) is 1.34. The van der Waals surface area contributed by atoms with E-state index < -0.39 is 11.8 Å². The Morgan fingerprint density at radius 3 is 2.76 bits per heavy atom. The minimum absolute atomic E-state index is 0.206. The summed E-state index contributed by atoms with van der Waals surface area (Å²) < 4.78 is 12.2. The number of benzene rings is 2. The zero-order chi connectivity index (χ0) is 24.1. The van der Waals surface area contributed by atoms with Crippen LogP contribution in [-0.4, -0.2) is 34.4 Å². The van der Waals surface area contributed by atoms with E-state index in [0.29, 0.717) is 44.7 Å². The molecule has 2 aromatic rings. The number of hydrogen-bond donors (Lipinski definition) is 1. The Kier molecular flexibility index (Phi) is 8.58. The highest BCUT2D eigenvalue weighted by Crippen LogP contribution is 2.39. The summed E-state index contributed by atoms with van der Waals surface area (Å²) in [6.07, 6.45) is 3.31. The molecule has 0 atom stereocenters. The van der Waals surface area contributed by atoms with E-state index in [4.69, 9.17) is 33.3 Å². The van der Waals surface area contributed by atoms with Crippen molar-refractivity contribution in [3.8, 4) is 11.5 Å². The second-order valence-electron chi connectivity index (χ2n) is 6.80. The molecule has 33 heavy (non-hydrogen) atoms. The summed E-state index contributed by atoms with van der Waals surface area (Å²) in [5.74, 6) is 0.103. The lowest BCUT2D eigenvalue weighted by Gasteiger charge is -2.16. The van der Waals surface area contributed by atoms with Gasteiger partial charge in [0, 0.05) is 0 Å². The molecule has 1 heterocycles. The van der Waals surface area contributed by atoms with Crippen molar-refractivity contribution >= 4 is 73.7 Å². The van der Waals surface area contributed by atoms with Gasteiger partial charge in [-0.15, -0.1) is 0 Å². The predicted molar refractivity (Wildman–Crippen MR) is 140 cm³/mol.